The average Bonchev–Trinajstić information content (AvgIpc) is 3.83. The molecule has 0 aromatic carbocycles. The number of nitrogens with two attached hydrogens (primary N) is 2. The Morgan fingerprint density at radius 1 is 0.583 bits per heavy atom. The van der Waals surface area contributed by atoms with E-state index in [4.69, 9.17) is 20.9 Å². The van der Waals surface area contributed by atoms with Gasteiger partial charge in [0.15, 0.2) is 35.4 Å². The first-order chi connectivity index (χ1) is 26.4. The summed E-state index contributed by atoms with van der Waals surface area (Å²) in [5.41, 5.74) is 11.6. The number of hydrogen-bond donors (Lipinski definition) is 8. The normalized spacial score (nSPS) is 29.2. The third-order valence-electron chi connectivity index (χ3n) is 7.61. The number of nitrogens with zero attached hydrogens (tertiary/aromatic N) is 8. The van der Waals surface area contributed by atoms with E-state index < -0.39 is 101 Å². The second kappa shape index (κ2) is 20.0. The number of imidazole rings is 2. The fourth-order valence-electron chi connectivity index (χ4n) is 5.23. The molecule has 4 aromatic rings. The molecule has 5 unspecified atom stereocenters. The molecule has 2 aliphatic rings. The third kappa shape index (κ3) is 12.2. The van der Waals surface area contributed by atoms with E-state index in [0.717, 1.165) is 34.4 Å². The van der Waals surface area contributed by atoms with Crippen LogP contribution in [-0.4, -0.2) is 176 Å². The number of nitrogen functional groups attached to an aromatic ring is 2. The van der Waals surface area contributed by atoms with Crippen LogP contribution in [0.1, 0.15) is 12.5 Å². The Bertz CT molecular complexity index is 2250. The molecule has 3 radical (unpaired) electrons. The number of aliphatic hydroxyl groups is 4. The molecule has 319 valence electrons. The van der Waals surface area contributed by atoms with Crippen LogP contribution in [0.2, 0.25) is 0 Å². The largest absolute Gasteiger partial charge is 0.756 e. The summed E-state index contributed by atoms with van der Waals surface area (Å²) in [5, 5.41) is 41.7. The van der Waals surface area contributed by atoms with Crippen molar-refractivity contribution in [2.24, 2.45) is 0 Å². The van der Waals surface area contributed by atoms with Gasteiger partial charge in [-0.15, -0.1) is 0 Å². The van der Waals surface area contributed by atoms with Crippen molar-refractivity contribution in [1.29, 1.82) is 0 Å². The van der Waals surface area contributed by atoms with E-state index in [-0.39, 0.29) is 90.5 Å². The van der Waals surface area contributed by atoms with Gasteiger partial charge < -0.3 is 70.4 Å². The molecule has 0 bridgehead atoms. The number of aliphatic hydroxyl groups excluding tert-OH is 4. The minimum atomic E-state index is -6.79. The quantitative estimate of drug-likeness (QED) is 0.0384. The zero-order valence-electron chi connectivity index (χ0n) is 30.5. The molecule has 60 heavy (non-hydrogen) atoms. The van der Waals surface area contributed by atoms with Gasteiger partial charge in [0.05, 0.1) is 25.9 Å². The maximum Gasteiger partial charge on any atom is 0.487 e. The first-order valence-electron chi connectivity index (χ1n) is 15.0. The second-order valence-corrected chi connectivity index (χ2v) is 19.1. The summed E-state index contributed by atoms with van der Waals surface area (Å²) in [6, 6.07) is 0. The maximum atomic E-state index is 12.4. The topological polar surface area (TPSA) is 489 Å². The van der Waals surface area contributed by atoms with Crippen molar-refractivity contribution in [2.75, 3.05) is 24.7 Å². The van der Waals surface area contributed by atoms with Gasteiger partial charge in [0.25, 0.3) is 23.5 Å². The van der Waals surface area contributed by atoms with Gasteiger partial charge in [-0.25, -0.2) is 52.0 Å². The van der Waals surface area contributed by atoms with Gasteiger partial charge in [-0.2, -0.15) is 4.31 Å². The molecule has 32 nitrogen and oxygen atoms in total. The Kier molecular flexibility index (Phi) is 17.8. The number of aromatic nitrogens is 8. The second-order valence-electron chi connectivity index (χ2n) is 11.5. The van der Waals surface area contributed by atoms with Gasteiger partial charge in [-0.3, -0.25) is 27.4 Å². The smallest absolute Gasteiger partial charge is 0.487 e. The monoisotopic (exact) mass is 934 g/mol. The number of fused-ring (bicyclic) bond motifs is 2. The fourth-order valence-corrected chi connectivity index (χ4v) is 11.5. The number of ether oxygens (including phenoxy) is 2. The van der Waals surface area contributed by atoms with Crippen molar-refractivity contribution >= 4 is 130 Å². The summed E-state index contributed by atoms with van der Waals surface area (Å²) in [4.78, 5) is 79.3. The Balaban J connectivity index is 0.00000320. The molecule has 2 aliphatic heterocycles. The minimum absolute atomic E-state index is 0. The molecular formula is C20H26Li3N10O22P5-3. The van der Waals surface area contributed by atoms with Crippen LogP contribution in [0.5, 0.6) is 0 Å². The molecule has 10 N–H and O–H groups in total. The first-order valence-corrected chi connectivity index (χ1v) is 22.4. The SMILES string of the molecule is Nc1ncnc2c1ncn2[C@@H]1O[C@H](COP(=O)([O-])OP(=O)([O-])OP(=O)([O-])OP(=O)(O)OP(=O)(O)OC[C@H]2O[C@@H](n3cnc4c(N)ncnc43)[C@H](O)[C@@H]2O)[C@@H](O)[C@H]1O.[Li].[Li].[Li]. The number of hydrogen-bond acceptors (Lipinski definition) is 28. The predicted octanol–water partition coefficient (Wildman–Crippen LogP) is -5.37. The summed E-state index contributed by atoms with van der Waals surface area (Å²) < 4.78 is 97.1. The van der Waals surface area contributed by atoms with E-state index in [1.54, 1.807) is 0 Å². The van der Waals surface area contributed by atoms with E-state index >= 15 is 0 Å². The summed E-state index contributed by atoms with van der Waals surface area (Å²) in [7, 11) is -32.1. The van der Waals surface area contributed by atoms with Gasteiger partial charge in [0, 0.05) is 56.6 Å². The Morgan fingerprint density at radius 3 is 1.43 bits per heavy atom. The molecule has 0 saturated carbocycles. The van der Waals surface area contributed by atoms with Crippen LogP contribution >= 0.6 is 39.1 Å². The van der Waals surface area contributed by atoms with Gasteiger partial charge in [-0.05, 0) is 0 Å². The van der Waals surface area contributed by atoms with Crippen LogP contribution in [-0.2, 0) is 58.6 Å². The maximum absolute atomic E-state index is 12.4. The van der Waals surface area contributed by atoms with E-state index in [1.807, 2.05) is 0 Å². The van der Waals surface area contributed by atoms with Crippen LogP contribution in [0, 0.1) is 0 Å². The summed E-state index contributed by atoms with van der Waals surface area (Å²) in [6.07, 6.45) is -9.40. The van der Waals surface area contributed by atoms with Crippen LogP contribution in [0.15, 0.2) is 25.3 Å². The van der Waals surface area contributed by atoms with Crippen LogP contribution in [0.4, 0.5) is 11.6 Å². The molecule has 0 aliphatic carbocycles. The minimum Gasteiger partial charge on any atom is -0.756 e. The van der Waals surface area contributed by atoms with E-state index in [9.17, 15) is 67.7 Å². The molecule has 2 saturated heterocycles. The molecule has 13 atom stereocenters. The standard InChI is InChI=1S/C20H29N10O22P5.3Li/c21-15-9-17(25-3-23-15)29(5-27-9)19-13(33)11(31)7(47-19)1-45-53(35,36)49-55(39,40)51-57(43,44)52-56(41,42)50-54(37,38)46-2-8-12(32)14(34)20(48-8)30-6-28-10-16(22)24-4-26-18(10)30;;;/h3-8,11-14,19-20,31-34H,1-2H2,(H,35,36)(H,37,38)(H,39,40)(H,41,42)(H,43,44)(H2,21,23,25)(H2,22,24,26);;;/p-3/t7-,8-,11-,12-,13-,14-,19-,20-;;;/m1.../s1. The van der Waals surface area contributed by atoms with E-state index in [0.29, 0.717) is 0 Å². The van der Waals surface area contributed by atoms with Crippen LogP contribution in [0.25, 0.3) is 22.3 Å². The van der Waals surface area contributed by atoms with Crippen molar-refractivity contribution in [3.05, 3.63) is 25.3 Å². The molecule has 0 amide bonds. The van der Waals surface area contributed by atoms with Crippen LogP contribution < -0.4 is 26.1 Å². The van der Waals surface area contributed by atoms with Crippen molar-refractivity contribution in [1.82, 2.24) is 39.0 Å². The van der Waals surface area contributed by atoms with E-state index in [2.05, 4.69) is 56.2 Å². The zero-order valence-corrected chi connectivity index (χ0v) is 35.0. The number of anilines is 2. The molecular weight excluding hydrogens is 908 g/mol. The zero-order chi connectivity index (χ0) is 41.9. The molecule has 2 fully saturated rings. The Hall–Kier alpha value is -1.04. The van der Waals surface area contributed by atoms with E-state index in [1.165, 1.54) is 0 Å². The van der Waals surface area contributed by atoms with Gasteiger partial charge in [0.2, 0.25) is 0 Å². The summed E-state index contributed by atoms with van der Waals surface area (Å²) >= 11 is 0. The number of phosphoric acid groups is 5. The van der Waals surface area contributed by atoms with Crippen molar-refractivity contribution in [2.45, 2.75) is 49.1 Å². The fraction of sp³-hybridized carbons (Fsp3) is 0.500. The molecule has 40 heteroatoms. The Labute approximate surface area is 369 Å². The van der Waals surface area contributed by atoms with Crippen molar-refractivity contribution in [3.8, 4) is 0 Å². The molecule has 6 heterocycles. The average molecular weight is 934 g/mol. The predicted molar refractivity (Wildman–Crippen MR) is 187 cm³/mol. The molecule has 0 spiro atoms. The molecule has 4 aromatic heterocycles. The van der Waals surface area contributed by atoms with Crippen molar-refractivity contribution < 1.29 is 103 Å². The number of rotatable bonds is 16. The number of phosphoric ester groups is 2. The van der Waals surface area contributed by atoms with Gasteiger partial charge in [-0.1, -0.05) is 0 Å². The van der Waals surface area contributed by atoms with Crippen LogP contribution in [0.3, 0.4) is 0 Å². The third-order valence-corrected chi connectivity index (χ3v) is 15.0. The first kappa shape index (κ1) is 53.3. The summed E-state index contributed by atoms with van der Waals surface area (Å²) in [6.45, 7) is -2.48. The van der Waals surface area contributed by atoms with Gasteiger partial charge >= 0.3 is 15.6 Å². The van der Waals surface area contributed by atoms with Crippen molar-refractivity contribution in [3.63, 3.8) is 0 Å². The van der Waals surface area contributed by atoms with Gasteiger partial charge in [0.1, 0.15) is 60.3 Å². The summed E-state index contributed by atoms with van der Waals surface area (Å²) in [5.74, 6) is -0.106. The molecule has 6 rings (SSSR count). The Morgan fingerprint density at radius 2 is 0.983 bits per heavy atom.